The SMILES string of the molecule is CCC(CC)(CC(=O)NC1CCCNC1=O)C(=O)O. The lowest BCUT2D eigenvalue weighted by Gasteiger charge is -2.28. The Kier molecular flexibility index (Phi) is 5.32. The summed E-state index contributed by atoms with van der Waals surface area (Å²) in [5, 5.41) is 14.6. The predicted octanol–water partition coefficient (Wildman–Crippen LogP) is 0.662. The highest BCUT2D eigenvalue weighted by atomic mass is 16.4. The van der Waals surface area contributed by atoms with Crippen LogP contribution in [0.25, 0.3) is 0 Å². The van der Waals surface area contributed by atoms with Crippen molar-refractivity contribution in [1.29, 1.82) is 0 Å². The third kappa shape index (κ3) is 3.68. The van der Waals surface area contributed by atoms with Crippen molar-refractivity contribution in [2.75, 3.05) is 6.54 Å². The quantitative estimate of drug-likeness (QED) is 0.660. The number of aliphatic carboxylic acids is 1. The maximum absolute atomic E-state index is 11.9. The maximum atomic E-state index is 11.9. The van der Waals surface area contributed by atoms with Gasteiger partial charge < -0.3 is 15.7 Å². The molecule has 6 heteroatoms. The van der Waals surface area contributed by atoms with E-state index >= 15 is 0 Å². The van der Waals surface area contributed by atoms with Gasteiger partial charge in [-0.25, -0.2) is 0 Å². The van der Waals surface area contributed by atoms with Crippen molar-refractivity contribution >= 4 is 17.8 Å². The van der Waals surface area contributed by atoms with Crippen molar-refractivity contribution < 1.29 is 19.5 Å². The van der Waals surface area contributed by atoms with Crippen LogP contribution in [0.2, 0.25) is 0 Å². The summed E-state index contributed by atoms with van der Waals surface area (Å²) >= 11 is 0. The van der Waals surface area contributed by atoms with Gasteiger partial charge in [-0.1, -0.05) is 13.8 Å². The highest BCUT2D eigenvalue weighted by Crippen LogP contribution is 2.30. The van der Waals surface area contributed by atoms with Gasteiger partial charge in [-0.2, -0.15) is 0 Å². The molecule has 1 aliphatic rings. The molecule has 0 spiro atoms. The molecule has 0 aromatic carbocycles. The molecule has 0 saturated carbocycles. The van der Waals surface area contributed by atoms with Crippen molar-refractivity contribution in [3.63, 3.8) is 0 Å². The first-order valence-electron chi connectivity index (χ1n) is 6.75. The summed E-state index contributed by atoms with van der Waals surface area (Å²) in [6.07, 6.45) is 2.13. The molecule has 19 heavy (non-hydrogen) atoms. The van der Waals surface area contributed by atoms with Crippen LogP contribution in [-0.2, 0) is 14.4 Å². The third-order valence-electron chi connectivity index (χ3n) is 3.93. The molecule has 1 unspecified atom stereocenters. The minimum atomic E-state index is -1.03. The van der Waals surface area contributed by atoms with Gasteiger partial charge >= 0.3 is 5.97 Å². The number of carbonyl (C=O) groups is 3. The standard InChI is InChI=1S/C13H22N2O4/c1-3-13(4-2,12(18)19)8-10(16)15-9-6-5-7-14-11(9)17/h9H,3-8H2,1-2H3,(H,14,17)(H,15,16)(H,18,19). The maximum Gasteiger partial charge on any atom is 0.310 e. The number of hydrogen-bond donors (Lipinski definition) is 3. The number of nitrogens with one attached hydrogen (secondary N) is 2. The van der Waals surface area contributed by atoms with Gasteiger partial charge in [0.15, 0.2) is 0 Å². The Hall–Kier alpha value is -1.59. The lowest BCUT2D eigenvalue weighted by molar-refractivity contribution is -0.152. The Morgan fingerprint density at radius 1 is 1.42 bits per heavy atom. The van der Waals surface area contributed by atoms with E-state index in [-0.39, 0.29) is 18.2 Å². The van der Waals surface area contributed by atoms with Crippen LogP contribution in [0, 0.1) is 5.41 Å². The normalized spacial score (nSPS) is 19.7. The topological polar surface area (TPSA) is 95.5 Å². The number of piperidine rings is 1. The van der Waals surface area contributed by atoms with Gasteiger partial charge in [0.1, 0.15) is 6.04 Å². The molecule has 0 aliphatic carbocycles. The van der Waals surface area contributed by atoms with Crippen LogP contribution in [0.3, 0.4) is 0 Å². The molecule has 0 aromatic rings. The summed E-state index contributed by atoms with van der Waals surface area (Å²) in [7, 11) is 0. The largest absolute Gasteiger partial charge is 0.481 e. The number of hydrogen-bond acceptors (Lipinski definition) is 3. The summed E-state index contributed by atoms with van der Waals surface area (Å²) in [6.45, 7) is 4.16. The Labute approximate surface area is 112 Å². The van der Waals surface area contributed by atoms with E-state index in [9.17, 15) is 19.5 Å². The van der Waals surface area contributed by atoms with Crippen LogP contribution in [0.5, 0.6) is 0 Å². The van der Waals surface area contributed by atoms with E-state index in [1.54, 1.807) is 13.8 Å². The van der Waals surface area contributed by atoms with Gasteiger partial charge in [0.2, 0.25) is 11.8 Å². The van der Waals surface area contributed by atoms with Gasteiger partial charge in [-0.05, 0) is 25.7 Å². The van der Waals surface area contributed by atoms with E-state index in [0.29, 0.717) is 25.8 Å². The molecule has 108 valence electrons. The van der Waals surface area contributed by atoms with Crippen LogP contribution >= 0.6 is 0 Å². The van der Waals surface area contributed by atoms with E-state index in [1.807, 2.05) is 0 Å². The van der Waals surface area contributed by atoms with E-state index in [1.165, 1.54) is 0 Å². The molecule has 1 atom stereocenters. The fourth-order valence-electron chi connectivity index (χ4n) is 2.34. The number of carbonyl (C=O) groups excluding carboxylic acids is 2. The van der Waals surface area contributed by atoms with Gasteiger partial charge in [-0.3, -0.25) is 14.4 Å². The minimum Gasteiger partial charge on any atom is -0.481 e. The van der Waals surface area contributed by atoms with Crippen LogP contribution in [0.4, 0.5) is 0 Å². The minimum absolute atomic E-state index is 0.0842. The van der Waals surface area contributed by atoms with Gasteiger partial charge in [0.05, 0.1) is 5.41 Å². The first-order chi connectivity index (χ1) is 8.95. The van der Waals surface area contributed by atoms with Crippen molar-refractivity contribution in [3.05, 3.63) is 0 Å². The van der Waals surface area contributed by atoms with E-state index in [4.69, 9.17) is 0 Å². The van der Waals surface area contributed by atoms with Gasteiger partial charge in [0.25, 0.3) is 0 Å². The molecular formula is C13H22N2O4. The zero-order valence-corrected chi connectivity index (χ0v) is 11.5. The second-order valence-electron chi connectivity index (χ2n) is 5.02. The Bertz CT molecular complexity index is 364. The molecule has 0 radical (unpaired) electrons. The zero-order chi connectivity index (χ0) is 14.5. The highest BCUT2D eigenvalue weighted by molar-refractivity contribution is 5.90. The molecule has 1 heterocycles. The summed E-state index contributed by atoms with van der Waals surface area (Å²) in [5.41, 5.74) is -1.03. The van der Waals surface area contributed by atoms with Crippen molar-refractivity contribution in [1.82, 2.24) is 10.6 Å². The lowest BCUT2D eigenvalue weighted by atomic mass is 9.79. The predicted molar refractivity (Wildman–Crippen MR) is 69.4 cm³/mol. The first kappa shape index (κ1) is 15.5. The molecule has 1 saturated heterocycles. The number of amides is 2. The molecule has 6 nitrogen and oxygen atoms in total. The monoisotopic (exact) mass is 270 g/mol. The van der Waals surface area contributed by atoms with E-state index in [0.717, 1.165) is 6.42 Å². The molecule has 1 aliphatic heterocycles. The average molecular weight is 270 g/mol. The number of carboxylic acids is 1. The Morgan fingerprint density at radius 2 is 2.05 bits per heavy atom. The molecule has 1 rings (SSSR count). The Morgan fingerprint density at radius 3 is 2.53 bits per heavy atom. The highest BCUT2D eigenvalue weighted by Gasteiger charge is 2.38. The lowest BCUT2D eigenvalue weighted by Crippen LogP contribution is -2.51. The average Bonchev–Trinajstić information content (AvgIpc) is 2.38. The summed E-state index contributed by atoms with van der Waals surface area (Å²) in [4.78, 5) is 34.8. The van der Waals surface area contributed by atoms with Crippen LogP contribution in [0.15, 0.2) is 0 Å². The molecule has 2 amide bonds. The van der Waals surface area contributed by atoms with E-state index in [2.05, 4.69) is 10.6 Å². The van der Waals surface area contributed by atoms with Crippen LogP contribution in [-0.4, -0.2) is 35.5 Å². The molecule has 3 N–H and O–H groups in total. The zero-order valence-electron chi connectivity index (χ0n) is 11.5. The second-order valence-corrected chi connectivity index (χ2v) is 5.02. The molecular weight excluding hydrogens is 248 g/mol. The summed E-state index contributed by atoms with van der Waals surface area (Å²) < 4.78 is 0. The fraction of sp³-hybridized carbons (Fsp3) is 0.769. The van der Waals surface area contributed by atoms with Gasteiger partial charge in [0, 0.05) is 13.0 Å². The van der Waals surface area contributed by atoms with Crippen molar-refractivity contribution in [2.45, 2.75) is 52.0 Å². The molecule has 1 fully saturated rings. The number of rotatable bonds is 6. The van der Waals surface area contributed by atoms with Crippen molar-refractivity contribution in [2.24, 2.45) is 5.41 Å². The molecule has 0 aromatic heterocycles. The van der Waals surface area contributed by atoms with Crippen LogP contribution in [0.1, 0.15) is 46.0 Å². The van der Waals surface area contributed by atoms with Crippen molar-refractivity contribution in [3.8, 4) is 0 Å². The van der Waals surface area contributed by atoms with Crippen LogP contribution < -0.4 is 10.6 Å². The molecule has 0 bridgehead atoms. The summed E-state index contributed by atoms with van der Waals surface area (Å²) in [6, 6.07) is -0.526. The Balaban J connectivity index is 2.62. The summed E-state index contributed by atoms with van der Waals surface area (Å²) in [5.74, 6) is -1.51. The fourth-order valence-corrected chi connectivity index (χ4v) is 2.34. The first-order valence-corrected chi connectivity index (χ1v) is 6.75. The second kappa shape index (κ2) is 6.54. The smallest absolute Gasteiger partial charge is 0.310 e. The van der Waals surface area contributed by atoms with E-state index < -0.39 is 17.4 Å². The number of carboxylic acid groups (broad SMARTS) is 1. The van der Waals surface area contributed by atoms with Gasteiger partial charge in [-0.15, -0.1) is 0 Å². The third-order valence-corrected chi connectivity index (χ3v) is 3.93.